The zero-order valence-corrected chi connectivity index (χ0v) is 13.7. The number of rotatable bonds is 10. The van der Waals surface area contributed by atoms with Crippen LogP contribution in [0.2, 0.25) is 0 Å². The third-order valence-electron chi connectivity index (χ3n) is 3.29. The number of alkyl carbamates (subject to hydrolysis) is 1. The van der Waals surface area contributed by atoms with E-state index < -0.39 is 42.6 Å². The van der Waals surface area contributed by atoms with Crippen LogP contribution in [-0.4, -0.2) is 49.1 Å². The molecule has 0 heterocycles. The third-order valence-corrected chi connectivity index (χ3v) is 3.29. The highest BCUT2D eigenvalue weighted by Gasteiger charge is 2.87. The fourth-order valence-corrected chi connectivity index (χ4v) is 1.64. The lowest BCUT2D eigenvalue weighted by Crippen LogP contribution is -2.67. The second kappa shape index (κ2) is 8.67. The Bertz CT molecular complexity index is 491. The van der Waals surface area contributed by atoms with E-state index in [0.717, 1.165) is 12.8 Å². The summed E-state index contributed by atoms with van der Waals surface area (Å²) in [7, 11) is 0. The van der Waals surface area contributed by atoms with Gasteiger partial charge in [0.1, 0.15) is 0 Å². The van der Waals surface area contributed by atoms with Gasteiger partial charge in [0, 0.05) is 6.54 Å². The van der Waals surface area contributed by atoms with Gasteiger partial charge >= 0.3 is 36.0 Å². The Morgan fingerprint density at radius 3 is 1.74 bits per heavy atom. The van der Waals surface area contributed by atoms with Crippen LogP contribution in [0, 0.1) is 0 Å². The summed E-state index contributed by atoms with van der Waals surface area (Å²) in [5, 5.41) is 1.80. The van der Waals surface area contributed by atoms with E-state index in [0.29, 0.717) is 12.8 Å². The molecule has 0 bridgehead atoms. The summed E-state index contributed by atoms with van der Waals surface area (Å²) in [6.45, 7) is -1.14. The molecular formula is C13H16F11NO2. The number of halogens is 11. The Hall–Kier alpha value is -1.50. The van der Waals surface area contributed by atoms with Gasteiger partial charge in [-0.1, -0.05) is 26.2 Å². The summed E-state index contributed by atoms with van der Waals surface area (Å²) in [6, 6.07) is 0. The van der Waals surface area contributed by atoms with E-state index in [-0.39, 0.29) is 6.54 Å². The highest BCUT2D eigenvalue weighted by atomic mass is 19.4. The van der Waals surface area contributed by atoms with Crippen LogP contribution in [-0.2, 0) is 4.74 Å². The predicted octanol–water partition coefficient (Wildman–Crippen LogP) is 5.40. The normalized spacial score (nSPS) is 14.2. The van der Waals surface area contributed by atoms with E-state index in [4.69, 9.17) is 0 Å². The van der Waals surface area contributed by atoms with Gasteiger partial charge in [-0.2, -0.15) is 48.3 Å². The van der Waals surface area contributed by atoms with Gasteiger partial charge in [-0.25, -0.2) is 4.79 Å². The van der Waals surface area contributed by atoms with Gasteiger partial charge in [-0.15, -0.1) is 0 Å². The van der Waals surface area contributed by atoms with Gasteiger partial charge in [0.05, 0.1) is 0 Å². The molecule has 0 aromatic rings. The minimum atomic E-state index is -7.51. The summed E-state index contributed by atoms with van der Waals surface area (Å²) in [6.07, 6.45) is -6.48. The van der Waals surface area contributed by atoms with E-state index in [1.165, 1.54) is 0 Å². The molecule has 27 heavy (non-hydrogen) atoms. The van der Waals surface area contributed by atoms with Crippen molar-refractivity contribution < 1.29 is 57.8 Å². The van der Waals surface area contributed by atoms with E-state index in [9.17, 15) is 53.1 Å². The molecule has 0 fully saturated rings. The molecule has 0 aliphatic rings. The third kappa shape index (κ3) is 5.50. The van der Waals surface area contributed by atoms with Crippen molar-refractivity contribution in [1.29, 1.82) is 0 Å². The number of alkyl halides is 11. The summed E-state index contributed by atoms with van der Waals surface area (Å²) in [5.74, 6) is -28.4. The second-order valence-corrected chi connectivity index (χ2v) is 5.49. The first-order valence-corrected chi connectivity index (χ1v) is 7.44. The van der Waals surface area contributed by atoms with Crippen LogP contribution in [0.25, 0.3) is 0 Å². The maximum Gasteiger partial charge on any atom is 0.460 e. The molecule has 0 rings (SSSR count). The monoisotopic (exact) mass is 427 g/mol. The summed E-state index contributed by atoms with van der Waals surface area (Å²) >= 11 is 0. The average Bonchev–Trinajstić information content (AvgIpc) is 2.51. The van der Waals surface area contributed by atoms with Crippen molar-refractivity contribution in [3.8, 4) is 0 Å². The quantitative estimate of drug-likeness (QED) is 0.375. The van der Waals surface area contributed by atoms with Gasteiger partial charge in [0.25, 0.3) is 0 Å². The summed E-state index contributed by atoms with van der Waals surface area (Å²) in [5.41, 5.74) is 0. The topological polar surface area (TPSA) is 38.3 Å². The van der Waals surface area contributed by atoms with Crippen LogP contribution in [0.15, 0.2) is 0 Å². The number of hydrogen-bond acceptors (Lipinski definition) is 2. The molecule has 0 atom stereocenters. The number of hydrogen-bond donors (Lipinski definition) is 1. The van der Waals surface area contributed by atoms with Crippen molar-refractivity contribution >= 4 is 6.09 Å². The Kier molecular flexibility index (Phi) is 8.19. The first kappa shape index (κ1) is 25.5. The first-order valence-electron chi connectivity index (χ1n) is 7.44. The van der Waals surface area contributed by atoms with Crippen LogP contribution in [0.3, 0.4) is 0 Å². The molecule has 1 N–H and O–H groups in total. The van der Waals surface area contributed by atoms with Gasteiger partial charge in [0.2, 0.25) is 0 Å². The fraction of sp³-hybridized carbons (Fsp3) is 0.923. The second-order valence-electron chi connectivity index (χ2n) is 5.49. The zero-order valence-electron chi connectivity index (χ0n) is 13.7. The van der Waals surface area contributed by atoms with Crippen molar-refractivity contribution in [3.05, 3.63) is 0 Å². The molecule has 0 unspecified atom stereocenters. The largest absolute Gasteiger partial charge is 0.460 e. The Balaban J connectivity index is 5.04. The summed E-state index contributed by atoms with van der Waals surface area (Å²) in [4.78, 5) is 11.0. The molecule has 1 amide bonds. The molecule has 162 valence electrons. The Labute approximate surface area is 146 Å². The van der Waals surface area contributed by atoms with Crippen molar-refractivity contribution in [2.75, 3.05) is 13.2 Å². The maximum atomic E-state index is 13.2. The molecule has 0 aliphatic carbocycles. The lowest BCUT2D eigenvalue weighted by molar-refractivity contribution is -0.423. The molecule has 0 saturated heterocycles. The molecule has 0 radical (unpaired) electrons. The molecule has 0 aromatic heterocycles. The molecular weight excluding hydrogens is 411 g/mol. The van der Waals surface area contributed by atoms with E-state index in [2.05, 4.69) is 4.74 Å². The van der Waals surface area contributed by atoms with Gasteiger partial charge in [-0.3, -0.25) is 0 Å². The van der Waals surface area contributed by atoms with Crippen LogP contribution in [0.1, 0.15) is 32.6 Å². The van der Waals surface area contributed by atoms with E-state index in [1.807, 2.05) is 6.92 Å². The SMILES string of the molecule is CCCCCCNC(=O)OCC(F)(F)C(F)(F)C(F)(F)C(F)(F)C(F)(F)F. The minimum Gasteiger partial charge on any atom is -0.443 e. The van der Waals surface area contributed by atoms with Crippen molar-refractivity contribution in [2.45, 2.75) is 62.5 Å². The Morgan fingerprint density at radius 2 is 1.30 bits per heavy atom. The van der Waals surface area contributed by atoms with Crippen molar-refractivity contribution in [3.63, 3.8) is 0 Å². The van der Waals surface area contributed by atoms with Gasteiger partial charge in [-0.05, 0) is 6.42 Å². The van der Waals surface area contributed by atoms with Crippen LogP contribution < -0.4 is 5.32 Å². The summed E-state index contributed by atoms with van der Waals surface area (Å²) < 4.78 is 143. The standard InChI is InChI=1S/C13H16F11NO2/c1-2-3-4-5-6-25-8(26)27-7-9(14,15)10(16,17)11(18,19)12(20,21)13(22,23)24/h2-7H2,1H3,(H,25,26). The van der Waals surface area contributed by atoms with Crippen LogP contribution >= 0.6 is 0 Å². The van der Waals surface area contributed by atoms with Gasteiger partial charge < -0.3 is 10.1 Å². The van der Waals surface area contributed by atoms with Gasteiger partial charge in [0.15, 0.2) is 6.61 Å². The van der Waals surface area contributed by atoms with Crippen LogP contribution in [0.5, 0.6) is 0 Å². The molecule has 3 nitrogen and oxygen atoms in total. The number of ether oxygens (including phenoxy) is 1. The highest BCUT2D eigenvalue weighted by molar-refractivity contribution is 5.67. The molecule has 14 heteroatoms. The number of amides is 1. The zero-order chi connectivity index (χ0) is 21.7. The van der Waals surface area contributed by atoms with Crippen molar-refractivity contribution in [1.82, 2.24) is 5.32 Å². The number of unbranched alkanes of at least 4 members (excludes halogenated alkanes) is 3. The van der Waals surface area contributed by atoms with Crippen LogP contribution in [0.4, 0.5) is 53.1 Å². The predicted molar refractivity (Wildman–Crippen MR) is 69.3 cm³/mol. The number of carbonyl (C=O) groups excluding carboxylic acids is 1. The fourth-order valence-electron chi connectivity index (χ4n) is 1.64. The number of carbonyl (C=O) groups is 1. The Morgan fingerprint density at radius 1 is 0.778 bits per heavy atom. The minimum absolute atomic E-state index is 0.150. The highest BCUT2D eigenvalue weighted by Crippen LogP contribution is 2.57. The van der Waals surface area contributed by atoms with E-state index in [1.54, 1.807) is 5.32 Å². The smallest absolute Gasteiger partial charge is 0.443 e. The molecule has 0 spiro atoms. The average molecular weight is 427 g/mol. The van der Waals surface area contributed by atoms with E-state index >= 15 is 0 Å². The molecule has 0 saturated carbocycles. The molecule has 0 aromatic carbocycles. The first-order chi connectivity index (χ1) is 12.0. The molecule has 0 aliphatic heterocycles. The number of nitrogens with one attached hydrogen (secondary N) is 1. The lowest BCUT2D eigenvalue weighted by atomic mass is 9.98. The maximum absolute atomic E-state index is 13.2. The lowest BCUT2D eigenvalue weighted by Gasteiger charge is -2.36. The van der Waals surface area contributed by atoms with Crippen molar-refractivity contribution in [2.24, 2.45) is 0 Å².